The fourth-order valence-electron chi connectivity index (χ4n) is 2.51. The maximum absolute atomic E-state index is 11.3. The van der Waals surface area contributed by atoms with Gasteiger partial charge in [-0.25, -0.2) is 0 Å². The second-order valence-corrected chi connectivity index (χ2v) is 7.25. The molecule has 0 heterocycles. The molecule has 3 rings (SSSR count). The van der Waals surface area contributed by atoms with Gasteiger partial charge in [-0.1, -0.05) is 0 Å². The Morgan fingerprint density at radius 3 is 2.26 bits per heavy atom. The van der Waals surface area contributed by atoms with E-state index in [1.807, 2.05) is 12.1 Å². The number of rotatable bonds is 3. The number of fused-ring (bicyclic) bond motifs is 2. The second kappa shape index (κ2) is 5.20. The van der Waals surface area contributed by atoms with Crippen molar-refractivity contribution in [3.8, 4) is 0 Å². The van der Waals surface area contributed by atoms with Crippen molar-refractivity contribution in [2.45, 2.75) is 4.82 Å². The molecule has 2 aliphatic rings. The van der Waals surface area contributed by atoms with Crippen LogP contribution in [-0.4, -0.2) is 26.0 Å². The van der Waals surface area contributed by atoms with E-state index in [0.29, 0.717) is 22.2 Å². The molecule has 19 heavy (non-hydrogen) atoms. The van der Waals surface area contributed by atoms with Crippen molar-refractivity contribution in [1.82, 2.24) is 0 Å². The van der Waals surface area contributed by atoms with Crippen LogP contribution < -0.4 is 4.46 Å². The molecule has 0 aromatic heterocycles. The standard InChI is InChI=1S/C16H14O2Se/c17-16(18)13-7-3-4-8-14(13)19-15-11-5-1-2-6-12(15)10-9-11/h1-12,15H,(H,17,18). The Morgan fingerprint density at radius 2 is 1.63 bits per heavy atom. The number of carboxylic acid groups (broad SMARTS) is 1. The second-order valence-electron chi connectivity index (χ2n) is 4.69. The zero-order valence-corrected chi connectivity index (χ0v) is 12.0. The van der Waals surface area contributed by atoms with Crippen LogP contribution in [0.15, 0.2) is 60.7 Å². The van der Waals surface area contributed by atoms with Crippen molar-refractivity contribution in [3.05, 3.63) is 66.3 Å². The molecule has 2 aliphatic carbocycles. The Bertz CT molecular complexity index is 564. The summed E-state index contributed by atoms with van der Waals surface area (Å²) in [4.78, 5) is 11.8. The molecule has 96 valence electrons. The maximum atomic E-state index is 11.3. The molecular weight excluding hydrogens is 303 g/mol. The van der Waals surface area contributed by atoms with E-state index in [1.54, 1.807) is 12.1 Å². The molecule has 1 N–H and O–H groups in total. The van der Waals surface area contributed by atoms with Crippen LogP contribution in [-0.2, 0) is 0 Å². The monoisotopic (exact) mass is 318 g/mol. The van der Waals surface area contributed by atoms with Crippen LogP contribution in [0.25, 0.3) is 0 Å². The third kappa shape index (κ3) is 2.44. The molecule has 0 saturated carbocycles. The molecule has 0 radical (unpaired) electrons. The van der Waals surface area contributed by atoms with Gasteiger partial charge in [0.1, 0.15) is 0 Å². The van der Waals surface area contributed by atoms with E-state index in [1.165, 1.54) is 0 Å². The molecule has 2 nitrogen and oxygen atoms in total. The van der Waals surface area contributed by atoms with E-state index in [-0.39, 0.29) is 15.0 Å². The van der Waals surface area contributed by atoms with Crippen LogP contribution in [0.4, 0.5) is 0 Å². The van der Waals surface area contributed by atoms with Gasteiger partial charge < -0.3 is 0 Å². The molecule has 1 aromatic carbocycles. The summed E-state index contributed by atoms with van der Waals surface area (Å²) in [5.74, 6) is 0.0705. The van der Waals surface area contributed by atoms with Gasteiger partial charge in [-0.3, -0.25) is 0 Å². The zero-order valence-electron chi connectivity index (χ0n) is 10.3. The molecule has 2 unspecified atom stereocenters. The van der Waals surface area contributed by atoms with Gasteiger partial charge in [0, 0.05) is 0 Å². The first-order chi connectivity index (χ1) is 9.25. The first kappa shape index (κ1) is 12.5. The van der Waals surface area contributed by atoms with Gasteiger partial charge in [0.15, 0.2) is 0 Å². The van der Waals surface area contributed by atoms with E-state index >= 15 is 0 Å². The van der Waals surface area contributed by atoms with Crippen LogP contribution in [0, 0.1) is 11.8 Å². The zero-order chi connectivity index (χ0) is 13.2. The first-order valence-electron chi connectivity index (χ1n) is 6.28. The Balaban J connectivity index is 1.89. The molecule has 3 heteroatoms. The van der Waals surface area contributed by atoms with Gasteiger partial charge in [-0.15, -0.1) is 0 Å². The van der Waals surface area contributed by atoms with Crippen molar-refractivity contribution in [2.75, 3.05) is 0 Å². The predicted molar refractivity (Wildman–Crippen MR) is 76.9 cm³/mol. The van der Waals surface area contributed by atoms with Crippen molar-refractivity contribution in [2.24, 2.45) is 11.8 Å². The number of carboxylic acids is 1. The van der Waals surface area contributed by atoms with Crippen molar-refractivity contribution < 1.29 is 9.90 Å². The van der Waals surface area contributed by atoms with Gasteiger partial charge in [-0.05, 0) is 0 Å². The van der Waals surface area contributed by atoms with Crippen molar-refractivity contribution >= 4 is 25.4 Å². The van der Waals surface area contributed by atoms with Crippen LogP contribution in [0.1, 0.15) is 10.4 Å². The average molecular weight is 317 g/mol. The molecule has 0 amide bonds. The van der Waals surface area contributed by atoms with Crippen molar-refractivity contribution in [1.29, 1.82) is 0 Å². The Kier molecular flexibility index (Phi) is 3.41. The molecular formula is C16H14O2Se. The molecule has 0 aliphatic heterocycles. The number of carbonyl (C=O) groups is 1. The van der Waals surface area contributed by atoms with E-state index in [4.69, 9.17) is 0 Å². The third-order valence-corrected chi connectivity index (χ3v) is 6.64. The first-order valence-corrected chi connectivity index (χ1v) is 8.12. The van der Waals surface area contributed by atoms with E-state index in [0.717, 1.165) is 4.46 Å². The van der Waals surface area contributed by atoms with E-state index in [9.17, 15) is 9.90 Å². The fourth-order valence-corrected chi connectivity index (χ4v) is 5.47. The summed E-state index contributed by atoms with van der Waals surface area (Å²) < 4.78 is 0.995. The fraction of sp³-hybridized carbons (Fsp3) is 0.188. The van der Waals surface area contributed by atoms with Crippen LogP contribution >= 0.6 is 0 Å². The average Bonchev–Trinajstić information content (AvgIpc) is 2.63. The minimum atomic E-state index is -0.822. The summed E-state index contributed by atoms with van der Waals surface area (Å²) in [6, 6.07) is 7.39. The molecule has 0 spiro atoms. The molecule has 2 atom stereocenters. The van der Waals surface area contributed by atoms with Gasteiger partial charge in [0.25, 0.3) is 0 Å². The number of hydrogen-bond donors (Lipinski definition) is 1. The summed E-state index contributed by atoms with van der Waals surface area (Å²) in [6.45, 7) is 0. The quantitative estimate of drug-likeness (QED) is 0.687. The normalized spacial score (nSPS) is 27.5. The molecule has 0 saturated heterocycles. The number of benzene rings is 1. The number of hydrogen-bond acceptors (Lipinski definition) is 1. The Labute approximate surface area is 118 Å². The summed E-state index contributed by atoms with van der Waals surface area (Å²) in [5, 5.41) is 9.26. The number of allylic oxidation sites excluding steroid dienone is 6. The molecule has 1 aromatic rings. The predicted octanol–water partition coefficient (Wildman–Crippen LogP) is 2.43. The van der Waals surface area contributed by atoms with Gasteiger partial charge in [0.05, 0.1) is 0 Å². The van der Waals surface area contributed by atoms with E-state index in [2.05, 4.69) is 36.5 Å². The van der Waals surface area contributed by atoms with Crippen LogP contribution in [0.3, 0.4) is 0 Å². The van der Waals surface area contributed by atoms with E-state index < -0.39 is 5.97 Å². The summed E-state index contributed by atoms with van der Waals surface area (Å²) in [5.41, 5.74) is 0.458. The SMILES string of the molecule is O=C(O)c1ccccc1[Se]C1C2C=CC=CC1C=C2. The van der Waals surface area contributed by atoms with Crippen molar-refractivity contribution in [3.63, 3.8) is 0 Å². The van der Waals surface area contributed by atoms with Gasteiger partial charge >= 0.3 is 118 Å². The Hall–Kier alpha value is -1.57. The van der Waals surface area contributed by atoms with Gasteiger partial charge in [-0.2, -0.15) is 0 Å². The van der Waals surface area contributed by atoms with Crippen LogP contribution in [0.5, 0.6) is 0 Å². The molecule has 2 bridgehead atoms. The van der Waals surface area contributed by atoms with Gasteiger partial charge in [0.2, 0.25) is 0 Å². The molecule has 0 fully saturated rings. The summed E-state index contributed by atoms with van der Waals surface area (Å²) in [7, 11) is 0. The summed E-state index contributed by atoms with van der Waals surface area (Å²) in [6.07, 6.45) is 13.1. The topological polar surface area (TPSA) is 37.3 Å². The Morgan fingerprint density at radius 1 is 1.00 bits per heavy atom. The minimum absolute atomic E-state index is 0.160. The number of aromatic carboxylic acids is 1. The summed E-state index contributed by atoms with van der Waals surface area (Å²) >= 11 is 0.160. The van der Waals surface area contributed by atoms with Crippen LogP contribution in [0.2, 0.25) is 4.82 Å². The third-order valence-electron chi connectivity index (χ3n) is 3.47.